The molecule has 0 saturated heterocycles. The number of hydrogen-bond acceptors (Lipinski definition) is 6. The molecular formula is C18H22N6O. The molecule has 0 atom stereocenters. The number of anilines is 1. The first-order valence-corrected chi connectivity index (χ1v) is 7.96. The molecule has 0 unspecified atom stereocenters. The molecule has 0 aliphatic heterocycles. The van der Waals surface area contributed by atoms with E-state index in [1.54, 1.807) is 24.3 Å². The van der Waals surface area contributed by atoms with Crippen LogP contribution in [-0.4, -0.2) is 28.6 Å². The van der Waals surface area contributed by atoms with E-state index in [1.807, 2.05) is 19.9 Å². The van der Waals surface area contributed by atoms with Crippen molar-refractivity contribution in [1.82, 2.24) is 15.3 Å². The first-order chi connectivity index (χ1) is 12.0. The summed E-state index contributed by atoms with van der Waals surface area (Å²) >= 11 is 0. The Kier molecular flexibility index (Phi) is 6.22. The third-order valence-corrected chi connectivity index (χ3v) is 3.42. The lowest BCUT2D eigenvalue weighted by Gasteiger charge is -2.09. The van der Waals surface area contributed by atoms with Gasteiger partial charge in [-0.1, -0.05) is 12.1 Å². The minimum absolute atomic E-state index is 0.192. The zero-order chi connectivity index (χ0) is 18.2. The second-order valence-electron chi connectivity index (χ2n) is 5.37. The molecule has 0 fully saturated rings. The van der Waals surface area contributed by atoms with Crippen LogP contribution >= 0.6 is 0 Å². The molecule has 0 aliphatic rings. The number of nitrogens with one attached hydrogen (secondary N) is 3. The van der Waals surface area contributed by atoms with E-state index in [0.29, 0.717) is 23.6 Å². The molecule has 0 aliphatic carbocycles. The second kappa shape index (κ2) is 8.58. The Morgan fingerprint density at radius 2 is 1.92 bits per heavy atom. The smallest absolute Gasteiger partial charge is 0.251 e. The van der Waals surface area contributed by atoms with Gasteiger partial charge in [0.25, 0.3) is 5.91 Å². The molecule has 0 bridgehead atoms. The molecule has 1 aromatic heterocycles. The van der Waals surface area contributed by atoms with Gasteiger partial charge < -0.3 is 21.8 Å². The monoisotopic (exact) mass is 338 g/mol. The summed E-state index contributed by atoms with van der Waals surface area (Å²) in [5.74, 6) is 1.21. The van der Waals surface area contributed by atoms with Crippen LogP contribution in [0.3, 0.4) is 0 Å². The minimum atomic E-state index is -0.192. The molecule has 2 rings (SSSR count). The molecule has 1 heterocycles. The number of carbonyl (C=O) groups is 1. The highest BCUT2D eigenvalue weighted by molar-refractivity contribution is 5.94. The number of aromatic nitrogens is 2. The summed E-state index contributed by atoms with van der Waals surface area (Å²) in [5, 5.41) is 13.0. The lowest BCUT2D eigenvalue weighted by molar-refractivity contribution is 0.0950. The summed E-state index contributed by atoms with van der Waals surface area (Å²) in [6.45, 7) is 4.89. The Bertz CT molecular complexity index is 783. The fourth-order valence-corrected chi connectivity index (χ4v) is 2.26. The lowest BCUT2D eigenvalue weighted by atomic mass is 10.1. The maximum absolute atomic E-state index is 12.3. The Labute approximate surface area is 146 Å². The van der Waals surface area contributed by atoms with Gasteiger partial charge in [-0.15, -0.1) is 0 Å². The third kappa shape index (κ3) is 5.13. The standard InChI is InChI=1S/C18H22N6O/c1-3-21-17-10-15(23-12(2)24-17)11-22-18(25)14-6-4-13(5-7-14)16(20)8-9-19/h4-10,19H,3,11,20H2,1-2H3,(H,22,25)(H,21,23,24)/b16-8-,19-9?. The first-order valence-electron chi connectivity index (χ1n) is 7.96. The van der Waals surface area contributed by atoms with Crippen LogP contribution in [0.15, 0.2) is 36.4 Å². The van der Waals surface area contributed by atoms with Crippen molar-refractivity contribution in [2.24, 2.45) is 5.73 Å². The molecule has 2 aromatic rings. The third-order valence-electron chi connectivity index (χ3n) is 3.42. The largest absolute Gasteiger partial charge is 0.398 e. The van der Waals surface area contributed by atoms with Crippen LogP contribution in [0.4, 0.5) is 5.82 Å². The quantitative estimate of drug-likeness (QED) is 0.577. The molecule has 1 aromatic carbocycles. The van der Waals surface area contributed by atoms with Gasteiger partial charge >= 0.3 is 0 Å². The van der Waals surface area contributed by atoms with Gasteiger partial charge in [0, 0.05) is 30.1 Å². The molecular weight excluding hydrogens is 316 g/mol. The predicted molar refractivity (Wildman–Crippen MR) is 99.5 cm³/mol. The Morgan fingerprint density at radius 1 is 1.24 bits per heavy atom. The zero-order valence-corrected chi connectivity index (χ0v) is 14.3. The SMILES string of the molecule is CCNc1cc(CNC(=O)c2ccc(/C(N)=C/C=N)cc2)nc(C)n1. The molecule has 0 radical (unpaired) electrons. The van der Waals surface area contributed by atoms with Gasteiger partial charge in [-0.25, -0.2) is 9.97 Å². The van der Waals surface area contributed by atoms with Crippen LogP contribution in [-0.2, 0) is 6.54 Å². The normalized spacial score (nSPS) is 11.0. The van der Waals surface area contributed by atoms with Crippen molar-refractivity contribution in [3.05, 3.63) is 59.1 Å². The molecule has 5 N–H and O–H groups in total. The van der Waals surface area contributed by atoms with Crippen LogP contribution in [0, 0.1) is 12.3 Å². The van der Waals surface area contributed by atoms with Crippen molar-refractivity contribution >= 4 is 23.6 Å². The summed E-state index contributed by atoms with van der Waals surface area (Å²) in [6, 6.07) is 8.72. The van der Waals surface area contributed by atoms with Crippen molar-refractivity contribution < 1.29 is 4.79 Å². The molecule has 130 valence electrons. The summed E-state index contributed by atoms with van der Waals surface area (Å²) < 4.78 is 0. The highest BCUT2D eigenvalue weighted by Gasteiger charge is 2.08. The maximum Gasteiger partial charge on any atom is 0.251 e. The van der Waals surface area contributed by atoms with E-state index in [9.17, 15) is 4.79 Å². The van der Waals surface area contributed by atoms with Crippen LogP contribution < -0.4 is 16.4 Å². The van der Waals surface area contributed by atoms with Gasteiger partial charge in [0.2, 0.25) is 0 Å². The van der Waals surface area contributed by atoms with Crippen LogP contribution in [0.5, 0.6) is 0 Å². The minimum Gasteiger partial charge on any atom is -0.398 e. The number of nitrogens with two attached hydrogens (primary N) is 1. The fourth-order valence-electron chi connectivity index (χ4n) is 2.26. The molecule has 1 amide bonds. The van der Waals surface area contributed by atoms with E-state index in [1.165, 1.54) is 6.08 Å². The van der Waals surface area contributed by atoms with Crippen LogP contribution in [0.1, 0.15) is 34.4 Å². The van der Waals surface area contributed by atoms with Crippen molar-refractivity contribution in [2.45, 2.75) is 20.4 Å². The maximum atomic E-state index is 12.3. The fraction of sp³-hybridized carbons (Fsp3) is 0.222. The van der Waals surface area contributed by atoms with Crippen molar-refractivity contribution in [3.63, 3.8) is 0 Å². The topological polar surface area (TPSA) is 117 Å². The molecule has 7 nitrogen and oxygen atoms in total. The van der Waals surface area contributed by atoms with Gasteiger partial charge in [-0.2, -0.15) is 0 Å². The number of benzene rings is 1. The first kappa shape index (κ1) is 18.1. The number of amides is 1. The van der Waals surface area contributed by atoms with Gasteiger partial charge in [0.1, 0.15) is 11.6 Å². The van der Waals surface area contributed by atoms with Crippen LogP contribution in [0.25, 0.3) is 5.70 Å². The van der Waals surface area contributed by atoms with E-state index >= 15 is 0 Å². The van der Waals surface area contributed by atoms with Gasteiger partial charge in [-0.3, -0.25) is 4.79 Å². The number of aryl methyl sites for hydroxylation is 1. The molecule has 25 heavy (non-hydrogen) atoms. The van der Waals surface area contributed by atoms with Crippen molar-refractivity contribution in [1.29, 1.82) is 5.41 Å². The Hall–Kier alpha value is -3.22. The molecule has 7 heteroatoms. The second-order valence-corrected chi connectivity index (χ2v) is 5.37. The number of rotatable bonds is 7. The number of nitrogens with zero attached hydrogens (tertiary/aromatic N) is 2. The average molecular weight is 338 g/mol. The van der Waals surface area contributed by atoms with E-state index < -0.39 is 0 Å². The van der Waals surface area contributed by atoms with E-state index in [4.69, 9.17) is 11.1 Å². The van der Waals surface area contributed by atoms with Crippen LogP contribution in [0.2, 0.25) is 0 Å². The van der Waals surface area contributed by atoms with Gasteiger partial charge in [0.05, 0.1) is 12.2 Å². The van der Waals surface area contributed by atoms with Crippen molar-refractivity contribution in [2.75, 3.05) is 11.9 Å². The van der Waals surface area contributed by atoms with Gasteiger partial charge in [-0.05, 0) is 37.6 Å². The number of allylic oxidation sites excluding steroid dienone is 1. The van der Waals surface area contributed by atoms with E-state index in [2.05, 4.69) is 20.6 Å². The summed E-state index contributed by atoms with van der Waals surface area (Å²) in [7, 11) is 0. The Balaban J connectivity index is 2.03. The summed E-state index contributed by atoms with van der Waals surface area (Å²) in [4.78, 5) is 20.9. The number of hydrogen-bond donors (Lipinski definition) is 4. The molecule has 0 saturated carbocycles. The average Bonchev–Trinajstić information content (AvgIpc) is 2.60. The lowest BCUT2D eigenvalue weighted by Crippen LogP contribution is -2.23. The van der Waals surface area contributed by atoms with Gasteiger partial charge in [0.15, 0.2) is 0 Å². The highest BCUT2D eigenvalue weighted by Crippen LogP contribution is 2.11. The summed E-state index contributed by atoms with van der Waals surface area (Å²) in [6.07, 6.45) is 2.62. The zero-order valence-electron chi connectivity index (χ0n) is 14.3. The molecule has 0 spiro atoms. The van der Waals surface area contributed by atoms with Crippen molar-refractivity contribution in [3.8, 4) is 0 Å². The number of carbonyl (C=O) groups excluding carboxylic acids is 1. The predicted octanol–water partition coefficient (Wildman–Crippen LogP) is 2.10. The Morgan fingerprint density at radius 3 is 2.56 bits per heavy atom. The van der Waals surface area contributed by atoms with E-state index in [0.717, 1.165) is 29.8 Å². The highest BCUT2D eigenvalue weighted by atomic mass is 16.1. The van der Waals surface area contributed by atoms with E-state index in [-0.39, 0.29) is 5.91 Å². The summed E-state index contributed by atoms with van der Waals surface area (Å²) in [5.41, 5.74) is 8.33.